The minimum absolute atomic E-state index is 0.00201. The molecule has 0 atom stereocenters. The van der Waals surface area contributed by atoms with Crippen molar-refractivity contribution < 1.29 is 8.42 Å². The van der Waals surface area contributed by atoms with Gasteiger partial charge in [-0.25, -0.2) is 13.4 Å². The standard InChI is InChI=1S/C11H17N5O2S2/c1-7-9(4-12)11(15-14-7)20(17,18)16(3)5-10-8(2)13-6-19-10/h6H,4-5,12H2,1-3H3,(H,14,15). The number of rotatable bonds is 5. The van der Waals surface area contributed by atoms with Crippen LogP contribution in [0.3, 0.4) is 0 Å². The average Bonchev–Trinajstić information content (AvgIpc) is 2.96. The maximum atomic E-state index is 12.5. The number of nitrogens with one attached hydrogen (secondary N) is 1. The summed E-state index contributed by atoms with van der Waals surface area (Å²) in [5.74, 6) is 0. The highest BCUT2D eigenvalue weighted by atomic mass is 32.2. The lowest BCUT2D eigenvalue weighted by atomic mass is 10.3. The molecule has 0 spiro atoms. The minimum atomic E-state index is -3.66. The van der Waals surface area contributed by atoms with Gasteiger partial charge in [0.2, 0.25) is 0 Å². The number of nitrogens with two attached hydrogens (primary N) is 1. The van der Waals surface area contributed by atoms with E-state index in [4.69, 9.17) is 5.73 Å². The van der Waals surface area contributed by atoms with Crippen molar-refractivity contribution in [3.05, 3.63) is 27.3 Å². The van der Waals surface area contributed by atoms with Crippen LogP contribution >= 0.6 is 11.3 Å². The SMILES string of the molecule is Cc1ncsc1CN(C)S(=O)(=O)c1n[nH]c(C)c1CN. The predicted octanol–water partition coefficient (Wildman–Crippen LogP) is 0.762. The van der Waals surface area contributed by atoms with Gasteiger partial charge >= 0.3 is 0 Å². The Kier molecular flexibility index (Phi) is 4.23. The Balaban J connectivity index is 2.32. The Hall–Kier alpha value is -1.29. The number of hydrogen-bond donors (Lipinski definition) is 2. The third kappa shape index (κ3) is 2.62. The Labute approximate surface area is 121 Å². The molecule has 0 saturated heterocycles. The van der Waals surface area contributed by atoms with Crippen LogP contribution in [0.1, 0.15) is 21.8 Å². The van der Waals surface area contributed by atoms with Crippen molar-refractivity contribution in [2.45, 2.75) is 32.0 Å². The molecule has 2 rings (SSSR count). The molecular formula is C11H17N5O2S2. The van der Waals surface area contributed by atoms with Crippen LogP contribution < -0.4 is 5.73 Å². The summed E-state index contributed by atoms with van der Waals surface area (Å²) >= 11 is 1.43. The first kappa shape index (κ1) is 15.1. The van der Waals surface area contributed by atoms with E-state index in [-0.39, 0.29) is 18.1 Å². The van der Waals surface area contributed by atoms with Gasteiger partial charge in [-0.15, -0.1) is 11.3 Å². The second kappa shape index (κ2) is 5.60. The summed E-state index contributed by atoms with van der Waals surface area (Å²) in [6.07, 6.45) is 0. The zero-order chi connectivity index (χ0) is 14.9. The Bertz CT molecular complexity index is 704. The van der Waals surface area contributed by atoms with E-state index >= 15 is 0 Å². The first-order valence-corrected chi connectivity index (χ1v) is 8.29. The molecule has 3 N–H and O–H groups in total. The fourth-order valence-corrected chi connectivity index (χ4v) is 4.01. The number of thiazole rings is 1. The molecule has 0 radical (unpaired) electrons. The van der Waals surface area contributed by atoms with E-state index in [0.717, 1.165) is 10.6 Å². The lowest BCUT2D eigenvalue weighted by Gasteiger charge is -2.15. The van der Waals surface area contributed by atoms with Gasteiger partial charge in [-0.1, -0.05) is 0 Å². The zero-order valence-electron chi connectivity index (χ0n) is 11.5. The van der Waals surface area contributed by atoms with Crippen LogP contribution in [0.25, 0.3) is 0 Å². The molecule has 110 valence electrons. The molecule has 0 saturated carbocycles. The van der Waals surface area contributed by atoms with Crippen LogP contribution in [-0.4, -0.2) is 35.0 Å². The molecule has 0 bridgehead atoms. The lowest BCUT2D eigenvalue weighted by Crippen LogP contribution is -2.28. The van der Waals surface area contributed by atoms with Gasteiger partial charge in [0.25, 0.3) is 10.0 Å². The van der Waals surface area contributed by atoms with Gasteiger partial charge < -0.3 is 5.73 Å². The number of hydrogen-bond acceptors (Lipinski definition) is 6. The number of aromatic nitrogens is 3. The number of H-pyrrole nitrogens is 1. The highest BCUT2D eigenvalue weighted by Crippen LogP contribution is 2.22. The van der Waals surface area contributed by atoms with Gasteiger partial charge in [-0.05, 0) is 13.8 Å². The van der Waals surface area contributed by atoms with E-state index in [1.165, 1.54) is 22.7 Å². The van der Waals surface area contributed by atoms with E-state index in [0.29, 0.717) is 11.3 Å². The van der Waals surface area contributed by atoms with Crippen molar-refractivity contribution in [3.8, 4) is 0 Å². The summed E-state index contributed by atoms with van der Waals surface area (Å²) in [5, 5.41) is 6.56. The molecule has 7 nitrogen and oxygen atoms in total. The normalized spacial score (nSPS) is 12.2. The highest BCUT2D eigenvalue weighted by molar-refractivity contribution is 7.89. The van der Waals surface area contributed by atoms with Crippen LogP contribution in [0.4, 0.5) is 0 Å². The fraction of sp³-hybridized carbons (Fsp3) is 0.455. The van der Waals surface area contributed by atoms with Crippen LogP contribution in [0.5, 0.6) is 0 Å². The molecule has 0 aromatic carbocycles. The first-order chi connectivity index (χ1) is 9.37. The largest absolute Gasteiger partial charge is 0.326 e. The molecule has 0 fully saturated rings. The summed E-state index contributed by atoms with van der Waals surface area (Å²) in [6, 6.07) is 0. The van der Waals surface area contributed by atoms with E-state index < -0.39 is 10.0 Å². The van der Waals surface area contributed by atoms with Gasteiger partial charge in [0, 0.05) is 36.3 Å². The van der Waals surface area contributed by atoms with Crippen molar-refractivity contribution in [1.82, 2.24) is 19.5 Å². The summed E-state index contributed by atoms with van der Waals surface area (Å²) in [6.45, 7) is 4.01. The first-order valence-electron chi connectivity index (χ1n) is 5.97. The van der Waals surface area contributed by atoms with Crippen molar-refractivity contribution in [2.24, 2.45) is 5.73 Å². The van der Waals surface area contributed by atoms with Crippen LogP contribution in [0, 0.1) is 13.8 Å². The smallest absolute Gasteiger partial charge is 0.262 e. The lowest BCUT2D eigenvalue weighted by molar-refractivity contribution is 0.464. The van der Waals surface area contributed by atoms with Crippen molar-refractivity contribution in [1.29, 1.82) is 0 Å². The summed E-state index contributed by atoms with van der Waals surface area (Å²) in [5.41, 5.74) is 9.35. The van der Waals surface area contributed by atoms with Gasteiger partial charge in [-0.2, -0.15) is 9.40 Å². The summed E-state index contributed by atoms with van der Waals surface area (Å²) in [7, 11) is -2.14. The molecule has 0 amide bonds. The van der Waals surface area contributed by atoms with Crippen LogP contribution in [-0.2, 0) is 23.1 Å². The van der Waals surface area contributed by atoms with Gasteiger partial charge in [0.1, 0.15) is 0 Å². The quantitative estimate of drug-likeness (QED) is 0.847. The van der Waals surface area contributed by atoms with E-state index in [1.54, 1.807) is 12.4 Å². The van der Waals surface area contributed by atoms with Gasteiger partial charge in [-0.3, -0.25) is 5.10 Å². The number of aromatic amines is 1. The molecule has 2 aromatic heterocycles. The second-order valence-corrected chi connectivity index (χ2v) is 7.36. The van der Waals surface area contributed by atoms with Crippen LogP contribution in [0.2, 0.25) is 0 Å². The van der Waals surface area contributed by atoms with E-state index in [1.807, 2.05) is 6.92 Å². The molecule has 20 heavy (non-hydrogen) atoms. The topological polar surface area (TPSA) is 105 Å². The molecule has 0 unspecified atom stereocenters. The Morgan fingerprint density at radius 1 is 1.45 bits per heavy atom. The second-order valence-electron chi connectivity index (χ2n) is 4.46. The molecule has 0 aliphatic carbocycles. The van der Waals surface area contributed by atoms with Crippen LogP contribution in [0.15, 0.2) is 10.5 Å². The van der Waals surface area contributed by atoms with Gasteiger partial charge in [0.15, 0.2) is 5.03 Å². The van der Waals surface area contributed by atoms with E-state index in [9.17, 15) is 8.42 Å². The zero-order valence-corrected chi connectivity index (χ0v) is 13.2. The molecule has 9 heteroatoms. The number of nitrogens with zero attached hydrogens (tertiary/aromatic N) is 3. The third-order valence-corrected chi connectivity index (χ3v) is 5.80. The Morgan fingerprint density at radius 3 is 2.70 bits per heavy atom. The molecule has 0 aliphatic rings. The molecule has 2 heterocycles. The molecule has 2 aromatic rings. The predicted molar refractivity (Wildman–Crippen MR) is 76.7 cm³/mol. The molecule has 0 aliphatic heterocycles. The summed E-state index contributed by atoms with van der Waals surface area (Å²) < 4.78 is 26.3. The van der Waals surface area contributed by atoms with Crippen molar-refractivity contribution in [3.63, 3.8) is 0 Å². The summed E-state index contributed by atoms with van der Waals surface area (Å²) in [4.78, 5) is 5.03. The Morgan fingerprint density at radius 2 is 2.15 bits per heavy atom. The monoisotopic (exact) mass is 315 g/mol. The average molecular weight is 315 g/mol. The maximum absolute atomic E-state index is 12.5. The molecular weight excluding hydrogens is 298 g/mol. The fourth-order valence-electron chi connectivity index (χ4n) is 1.80. The minimum Gasteiger partial charge on any atom is -0.326 e. The van der Waals surface area contributed by atoms with Crippen molar-refractivity contribution in [2.75, 3.05) is 7.05 Å². The van der Waals surface area contributed by atoms with Crippen molar-refractivity contribution >= 4 is 21.4 Å². The number of aryl methyl sites for hydroxylation is 2. The van der Waals surface area contributed by atoms with E-state index in [2.05, 4.69) is 15.2 Å². The number of sulfonamides is 1. The van der Waals surface area contributed by atoms with Gasteiger partial charge in [0.05, 0.1) is 11.2 Å². The third-order valence-electron chi connectivity index (χ3n) is 3.11. The highest BCUT2D eigenvalue weighted by Gasteiger charge is 2.28. The maximum Gasteiger partial charge on any atom is 0.262 e.